The Bertz CT molecular complexity index is 1390. The van der Waals surface area contributed by atoms with Crippen LogP contribution in [0, 0.1) is 0 Å². The average molecular weight is 540 g/mol. The first-order valence-corrected chi connectivity index (χ1v) is 14.5. The van der Waals surface area contributed by atoms with Crippen molar-refractivity contribution in [2.45, 2.75) is 18.2 Å². The summed E-state index contributed by atoms with van der Waals surface area (Å²) in [7, 11) is -7.70. The Morgan fingerprint density at radius 3 is 2.57 bits per heavy atom. The third-order valence-electron chi connectivity index (χ3n) is 5.77. The molecule has 0 amide bonds. The number of fused-ring (bicyclic) bond motifs is 1. The highest BCUT2D eigenvalue weighted by molar-refractivity contribution is 7.93. The molecule has 0 radical (unpaired) electrons. The van der Waals surface area contributed by atoms with Gasteiger partial charge in [-0.1, -0.05) is 18.2 Å². The molecule has 0 bridgehead atoms. The van der Waals surface area contributed by atoms with Crippen molar-refractivity contribution < 1.29 is 16.8 Å². The summed E-state index contributed by atoms with van der Waals surface area (Å²) >= 11 is 0. The topological polar surface area (TPSA) is 112 Å². The third-order valence-corrected chi connectivity index (χ3v) is 8.42. The predicted octanol–water partition coefficient (Wildman–Crippen LogP) is 3.04. The fourth-order valence-electron chi connectivity index (χ4n) is 4.19. The van der Waals surface area contributed by atoms with Crippen LogP contribution in [0.5, 0.6) is 0 Å². The molecular weight excluding hydrogens is 510 g/mol. The Labute approximate surface area is 213 Å². The highest BCUT2D eigenvalue weighted by atomic mass is 35.5. The van der Waals surface area contributed by atoms with Crippen molar-refractivity contribution in [2.24, 2.45) is 0 Å². The SMILES string of the molecule is CCN(c1cc(N2CCCNCC2)ccc1NS(=O)(=O)c1cccc2cccnc12)S(C)(=O)=O.Cl. The van der Waals surface area contributed by atoms with Crippen molar-refractivity contribution in [2.75, 3.05) is 52.9 Å². The van der Waals surface area contributed by atoms with Gasteiger partial charge in [0.2, 0.25) is 10.0 Å². The Kier molecular flexibility index (Phi) is 8.47. The number of halogens is 1. The van der Waals surface area contributed by atoms with E-state index in [9.17, 15) is 16.8 Å². The quantitative estimate of drug-likeness (QED) is 0.474. The van der Waals surface area contributed by atoms with E-state index in [4.69, 9.17) is 0 Å². The monoisotopic (exact) mass is 539 g/mol. The van der Waals surface area contributed by atoms with Crippen LogP contribution in [0.2, 0.25) is 0 Å². The summed E-state index contributed by atoms with van der Waals surface area (Å²) in [5.74, 6) is 0. The molecule has 2 N–H and O–H groups in total. The summed E-state index contributed by atoms with van der Waals surface area (Å²) in [6, 6.07) is 13.7. The van der Waals surface area contributed by atoms with Gasteiger partial charge in [0.1, 0.15) is 4.90 Å². The van der Waals surface area contributed by atoms with Crippen molar-refractivity contribution in [1.29, 1.82) is 0 Å². The smallest absolute Gasteiger partial charge is 0.264 e. The highest BCUT2D eigenvalue weighted by Gasteiger charge is 2.25. The largest absolute Gasteiger partial charge is 0.370 e. The minimum Gasteiger partial charge on any atom is -0.370 e. The molecule has 2 aromatic carbocycles. The lowest BCUT2D eigenvalue weighted by Crippen LogP contribution is -2.32. The molecular formula is C23H30ClN5O4S2. The van der Waals surface area contributed by atoms with E-state index >= 15 is 0 Å². The molecule has 0 unspecified atom stereocenters. The summed E-state index contributed by atoms with van der Waals surface area (Å²) in [5.41, 5.74) is 1.67. The maximum absolute atomic E-state index is 13.4. The van der Waals surface area contributed by atoms with Gasteiger partial charge in [-0.25, -0.2) is 16.8 Å². The van der Waals surface area contributed by atoms with E-state index in [1.807, 2.05) is 6.07 Å². The van der Waals surface area contributed by atoms with Crippen LogP contribution in [-0.4, -0.2) is 60.8 Å². The first-order valence-electron chi connectivity index (χ1n) is 11.1. The third kappa shape index (κ3) is 5.97. The molecule has 1 fully saturated rings. The molecule has 0 aliphatic carbocycles. The normalized spacial score (nSPS) is 14.7. The molecule has 190 valence electrons. The van der Waals surface area contributed by atoms with Crippen LogP contribution >= 0.6 is 12.4 Å². The summed E-state index contributed by atoms with van der Waals surface area (Å²) in [6.45, 7) is 5.22. The number of sulfonamides is 2. The second-order valence-electron chi connectivity index (χ2n) is 8.16. The number of nitrogens with one attached hydrogen (secondary N) is 2. The molecule has 12 heteroatoms. The van der Waals surface area contributed by atoms with Crippen molar-refractivity contribution in [3.05, 3.63) is 54.7 Å². The highest BCUT2D eigenvalue weighted by Crippen LogP contribution is 2.35. The van der Waals surface area contributed by atoms with Crippen molar-refractivity contribution in [3.8, 4) is 0 Å². The van der Waals surface area contributed by atoms with Gasteiger partial charge in [0.15, 0.2) is 0 Å². The second kappa shape index (κ2) is 11.0. The van der Waals surface area contributed by atoms with Crippen LogP contribution in [0.25, 0.3) is 10.9 Å². The van der Waals surface area contributed by atoms with Gasteiger partial charge in [0.05, 0.1) is 23.1 Å². The zero-order valence-corrected chi connectivity index (χ0v) is 22.1. The maximum Gasteiger partial charge on any atom is 0.264 e. The van der Waals surface area contributed by atoms with Gasteiger partial charge < -0.3 is 10.2 Å². The molecule has 0 atom stereocenters. The van der Waals surface area contributed by atoms with Gasteiger partial charge in [0.25, 0.3) is 10.0 Å². The average Bonchev–Trinajstić information content (AvgIpc) is 3.09. The van der Waals surface area contributed by atoms with E-state index in [1.54, 1.807) is 49.5 Å². The number of pyridine rings is 1. The van der Waals surface area contributed by atoms with Crippen LogP contribution in [0.4, 0.5) is 17.1 Å². The first-order chi connectivity index (χ1) is 16.2. The Morgan fingerprint density at radius 2 is 1.83 bits per heavy atom. The molecule has 4 rings (SSSR count). The standard InChI is InChI=1S/C23H29N5O4S2.ClH/c1-3-28(33(2,29)30)21-17-19(27-15-6-12-24-14-16-27)10-11-20(21)26-34(31,32)22-9-4-7-18-8-5-13-25-23(18)22;/h4-5,7-11,13,17,24,26H,3,6,12,14-16H2,1-2H3;1H. The lowest BCUT2D eigenvalue weighted by molar-refractivity contribution is 0.596. The Morgan fingerprint density at radius 1 is 1.06 bits per heavy atom. The Hall–Kier alpha value is -2.60. The van der Waals surface area contributed by atoms with Gasteiger partial charge >= 0.3 is 0 Å². The lowest BCUT2D eigenvalue weighted by atomic mass is 10.2. The molecule has 9 nitrogen and oxygen atoms in total. The molecule has 35 heavy (non-hydrogen) atoms. The van der Waals surface area contributed by atoms with Crippen LogP contribution in [0.15, 0.2) is 59.6 Å². The molecule has 2 heterocycles. The van der Waals surface area contributed by atoms with Crippen LogP contribution in [0.1, 0.15) is 13.3 Å². The minimum atomic E-state index is -4.05. The molecule has 0 saturated carbocycles. The number of nitrogens with zero attached hydrogens (tertiary/aromatic N) is 3. The van der Waals surface area contributed by atoms with Crippen LogP contribution < -0.4 is 19.2 Å². The van der Waals surface area contributed by atoms with Crippen molar-refractivity contribution >= 4 is 60.4 Å². The van der Waals surface area contributed by atoms with Crippen molar-refractivity contribution in [1.82, 2.24) is 10.3 Å². The number of benzene rings is 2. The number of para-hydroxylation sites is 1. The predicted molar refractivity (Wildman–Crippen MR) is 144 cm³/mol. The lowest BCUT2D eigenvalue weighted by Gasteiger charge is -2.28. The summed E-state index contributed by atoms with van der Waals surface area (Å²) in [4.78, 5) is 6.45. The zero-order chi connectivity index (χ0) is 24.3. The summed E-state index contributed by atoms with van der Waals surface area (Å²) < 4.78 is 55.8. The number of anilines is 3. The Balaban J connectivity index is 0.00000342. The fourth-order valence-corrected chi connectivity index (χ4v) is 6.42. The number of hydrogen-bond donors (Lipinski definition) is 2. The molecule has 0 spiro atoms. The van der Waals surface area contributed by atoms with E-state index in [2.05, 4.69) is 19.9 Å². The van der Waals surface area contributed by atoms with Gasteiger partial charge in [-0.15, -0.1) is 12.4 Å². The fraction of sp³-hybridized carbons (Fsp3) is 0.348. The maximum atomic E-state index is 13.4. The number of hydrogen-bond acceptors (Lipinski definition) is 7. The number of rotatable bonds is 7. The second-order valence-corrected chi connectivity index (χ2v) is 11.7. The van der Waals surface area contributed by atoms with Gasteiger partial charge in [0, 0.05) is 43.4 Å². The van der Waals surface area contributed by atoms with E-state index in [1.165, 1.54) is 10.4 Å². The van der Waals surface area contributed by atoms with E-state index in [0.717, 1.165) is 44.5 Å². The summed E-state index contributed by atoms with van der Waals surface area (Å²) in [5, 5.41) is 4.05. The molecule has 1 aromatic heterocycles. The minimum absolute atomic E-state index is 0. The molecule has 1 aliphatic heterocycles. The molecule has 1 aliphatic rings. The molecule has 1 saturated heterocycles. The van der Waals surface area contributed by atoms with Gasteiger partial charge in [-0.2, -0.15) is 0 Å². The van der Waals surface area contributed by atoms with E-state index in [0.29, 0.717) is 10.9 Å². The van der Waals surface area contributed by atoms with Gasteiger partial charge in [-0.05, 0) is 50.2 Å². The van der Waals surface area contributed by atoms with Gasteiger partial charge in [-0.3, -0.25) is 14.0 Å². The van der Waals surface area contributed by atoms with E-state index < -0.39 is 20.0 Å². The van der Waals surface area contributed by atoms with Crippen molar-refractivity contribution in [3.63, 3.8) is 0 Å². The van der Waals surface area contributed by atoms with E-state index in [-0.39, 0.29) is 35.2 Å². The van der Waals surface area contributed by atoms with Crippen LogP contribution in [-0.2, 0) is 20.0 Å². The zero-order valence-electron chi connectivity index (χ0n) is 19.6. The molecule has 3 aromatic rings. The van der Waals surface area contributed by atoms with Crippen LogP contribution in [0.3, 0.4) is 0 Å². The summed E-state index contributed by atoms with van der Waals surface area (Å²) in [6.07, 6.45) is 3.62. The number of aromatic nitrogens is 1. The first kappa shape index (κ1) is 27.0.